The summed E-state index contributed by atoms with van der Waals surface area (Å²) in [6, 6.07) is 4.48. The fourth-order valence-electron chi connectivity index (χ4n) is 2.98. The highest BCUT2D eigenvalue weighted by atomic mass is 19.1. The third-order valence-electron chi connectivity index (χ3n) is 4.59. The van der Waals surface area contributed by atoms with Crippen LogP contribution in [0.4, 0.5) is 9.18 Å². The quantitative estimate of drug-likeness (QED) is 0.780. The number of carbonyl (C=O) groups is 1. The molecule has 1 saturated heterocycles. The van der Waals surface area contributed by atoms with Crippen LogP contribution in [0, 0.1) is 12.7 Å². The minimum atomic E-state index is -0.931. The Morgan fingerprint density at radius 1 is 1.29 bits per heavy atom. The van der Waals surface area contributed by atoms with Crippen molar-refractivity contribution in [3.63, 3.8) is 0 Å². The van der Waals surface area contributed by atoms with E-state index >= 15 is 0 Å². The van der Waals surface area contributed by atoms with E-state index in [4.69, 9.17) is 19.7 Å². The van der Waals surface area contributed by atoms with Gasteiger partial charge in [-0.25, -0.2) is 19.2 Å². The Kier molecular flexibility index (Phi) is 6.25. The maximum Gasteiger partial charge on any atom is 0.407 e. The van der Waals surface area contributed by atoms with Crippen LogP contribution in [0.2, 0.25) is 0 Å². The number of nitrogens with zero attached hydrogens (tertiary/aromatic N) is 3. The average molecular weight is 391 g/mol. The number of rotatable bonds is 6. The number of likely N-dealkylation sites (tertiary alicyclic amines) is 1. The van der Waals surface area contributed by atoms with Crippen LogP contribution >= 0.6 is 0 Å². The highest BCUT2D eigenvalue weighted by molar-refractivity contribution is 5.65. The lowest BCUT2D eigenvalue weighted by Gasteiger charge is -2.30. The summed E-state index contributed by atoms with van der Waals surface area (Å²) in [4.78, 5) is 20.5. The predicted octanol–water partition coefficient (Wildman–Crippen LogP) is 2.77. The van der Waals surface area contributed by atoms with Crippen LogP contribution < -0.4 is 9.47 Å². The summed E-state index contributed by atoms with van der Waals surface area (Å²) < 4.78 is 25.7. The van der Waals surface area contributed by atoms with Gasteiger partial charge in [-0.3, -0.25) is 0 Å². The summed E-state index contributed by atoms with van der Waals surface area (Å²) in [5, 5.41) is 18.0. The first-order chi connectivity index (χ1) is 13.5. The van der Waals surface area contributed by atoms with Crippen molar-refractivity contribution in [2.45, 2.75) is 32.3 Å². The summed E-state index contributed by atoms with van der Waals surface area (Å²) in [6.07, 6.45) is 1.68. The monoisotopic (exact) mass is 391 g/mol. The van der Waals surface area contributed by atoms with Gasteiger partial charge in [0, 0.05) is 32.5 Å². The first-order valence-corrected chi connectivity index (χ1v) is 9.01. The van der Waals surface area contributed by atoms with E-state index in [1.807, 2.05) is 0 Å². The molecular weight excluding hydrogens is 369 g/mol. The molecule has 0 spiro atoms. The number of aliphatic hydroxyl groups excluding tert-OH is 1. The van der Waals surface area contributed by atoms with Crippen LogP contribution in [-0.2, 0) is 6.42 Å². The van der Waals surface area contributed by atoms with Gasteiger partial charge in [0.15, 0.2) is 11.6 Å². The van der Waals surface area contributed by atoms with Crippen molar-refractivity contribution in [3.8, 4) is 17.5 Å². The van der Waals surface area contributed by atoms with Crippen LogP contribution in [0.5, 0.6) is 17.5 Å². The van der Waals surface area contributed by atoms with Gasteiger partial charge in [0.1, 0.15) is 12.4 Å². The molecule has 150 valence electrons. The lowest BCUT2D eigenvalue weighted by molar-refractivity contribution is 0.0864. The molecule has 1 amide bonds. The van der Waals surface area contributed by atoms with Gasteiger partial charge in [0.2, 0.25) is 11.8 Å². The predicted molar refractivity (Wildman–Crippen MR) is 97.3 cm³/mol. The van der Waals surface area contributed by atoms with Gasteiger partial charge < -0.3 is 24.6 Å². The fourth-order valence-corrected chi connectivity index (χ4v) is 2.98. The summed E-state index contributed by atoms with van der Waals surface area (Å²) >= 11 is 0. The molecule has 2 aromatic rings. The number of hydrogen-bond acceptors (Lipinski definition) is 6. The maximum atomic E-state index is 14.2. The minimum Gasteiger partial charge on any atom is -0.474 e. The molecule has 0 radical (unpaired) electrons. The molecular formula is C19H22FN3O5. The van der Waals surface area contributed by atoms with Crippen molar-refractivity contribution in [1.82, 2.24) is 14.9 Å². The van der Waals surface area contributed by atoms with Gasteiger partial charge >= 0.3 is 6.09 Å². The number of piperidine rings is 1. The Morgan fingerprint density at radius 2 is 2.00 bits per heavy atom. The van der Waals surface area contributed by atoms with E-state index in [9.17, 15) is 9.18 Å². The third kappa shape index (κ3) is 4.66. The summed E-state index contributed by atoms with van der Waals surface area (Å²) in [6.45, 7) is 2.46. The molecule has 28 heavy (non-hydrogen) atoms. The van der Waals surface area contributed by atoms with E-state index in [0.29, 0.717) is 49.4 Å². The van der Waals surface area contributed by atoms with Crippen molar-refractivity contribution in [3.05, 3.63) is 41.5 Å². The molecule has 1 aliphatic rings. The average Bonchev–Trinajstić information content (AvgIpc) is 2.67. The number of hydrogen-bond donors (Lipinski definition) is 2. The molecule has 0 saturated carbocycles. The van der Waals surface area contributed by atoms with Gasteiger partial charge in [-0.2, -0.15) is 0 Å². The second-order valence-electron chi connectivity index (χ2n) is 6.54. The van der Waals surface area contributed by atoms with E-state index in [2.05, 4.69) is 9.97 Å². The van der Waals surface area contributed by atoms with E-state index in [1.54, 1.807) is 13.0 Å². The van der Waals surface area contributed by atoms with Crippen LogP contribution in [0.1, 0.15) is 24.0 Å². The van der Waals surface area contributed by atoms with Crippen LogP contribution in [0.15, 0.2) is 24.5 Å². The normalized spacial score (nSPS) is 14.8. The second-order valence-corrected chi connectivity index (χ2v) is 6.54. The number of amides is 1. The minimum absolute atomic E-state index is 0.0178. The van der Waals surface area contributed by atoms with E-state index in [-0.39, 0.29) is 24.3 Å². The molecule has 2 N–H and O–H groups in total. The van der Waals surface area contributed by atoms with Crippen molar-refractivity contribution in [2.75, 3.05) is 19.7 Å². The van der Waals surface area contributed by atoms with Crippen LogP contribution in [0.3, 0.4) is 0 Å². The second kappa shape index (κ2) is 8.83. The van der Waals surface area contributed by atoms with Gasteiger partial charge in [0.05, 0.1) is 5.56 Å². The van der Waals surface area contributed by atoms with Crippen molar-refractivity contribution in [2.24, 2.45) is 0 Å². The zero-order valence-corrected chi connectivity index (χ0v) is 15.5. The lowest BCUT2D eigenvalue weighted by Crippen LogP contribution is -2.41. The molecule has 0 unspecified atom stereocenters. The smallest absolute Gasteiger partial charge is 0.407 e. The van der Waals surface area contributed by atoms with Gasteiger partial charge in [0.25, 0.3) is 0 Å². The van der Waals surface area contributed by atoms with E-state index in [0.717, 1.165) is 0 Å². The molecule has 3 rings (SSSR count). The standard InChI is InChI=1S/C19H22FN3O5/c1-12-17(27-14-4-7-23(8-5-14)19(25)26)21-11-22-18(12)28-16-3-2-13(6-9-24)10-15(16)20/h2-3,10-11,14,24H,4-9H2,1H3,(H,25,26). The Morgan fingerprint density at radius 3 is 2.64 bits per heavy atom. The van der Waals surface area contributed by atoms with Crippen molar-refractivity contribution in [1.29, 1.82) is 0 Å². The molecule has 1 aliphatic heterocycles. The van der Waals surface area contributed by atoms with Crippen molar-refractivity contribution >= 4 is 6.09 Å². The van der Waals surface area contributed by atoms with Crippen molar-refractivity contribution < 1.29 is 28.9 Å². The summed E-state index contributed by atoms with van der Waals surface area (Å²) in [5.74, 6) is -0.0189. The SMILES string of the molecule is Cc1c(Oc2ccc(CCO)cc2F)ncnc1OC1CCN(C(=O)O)CC1. The largest absolute Gasteiger partial charge is 0.474 e. The Bertz CT molecular complexity index is 840. The molecule has 2 heterocycles. The van der Waals surface area contributed by atoms with E-state index < -0.39 is 11.9 Å². The zero-order valence-electron chi connectivity index (χ0n) is 15.5. The molecule has 0 atom stereocenters. The number of benzene rings is 1. The number of halogens is 1. The Labute approximate surface area is 161 Å². The summed E-state index contributed by atoms with van der Waals surface area (Å²) in [7, 11) is 0. The molecule has 8 nitrogen and oxygen atoms in total. The molecule has 0 bridgehead atoms. The highest BCUT2D eigenvalue weighted by Gasteiger charge is 2.25. The Balaban J connectivity index is 1.69. The van der Waals surface area contributed by atoms with E-state index in [1.165, 1.54) is 23.4 Å². The zero-order chi connectivity index (χ0) is 20.1. The maximum absolute atomic E-state index is 14.2. The highest BCUT2D eigenvalue weighted by Crippen LogP contribution is 2.30. The van der Waals surface area contributed by atoms with Gasteiger partial charge in [-0.15, -0.1) is 0 Å². The number of carboxylic acid groups (broad SMARTS) is 1. The first kappa shape index (κ1) is 19.8. The topological polar surface area (TPSA) is 105 Å². The Hall–Kier alpha value is -2.94. The molecule has 1 aromatic heterocycles. The molecule has 1 fully saturated rings. The summed E-state index contributed by atoms with van der Waals surface area (Å²) in [5.41, 5.74) is 1.20. The van der Waals surface area contributed by atoms with Gasteiger partial charge in [-0.05, 0) is 31.0 Å². The van der Waals surface area contributed by atoms with Crippen LogP contribution in [0.25, 0.3) is 0 Å². The molecule has 9 heteroatoms. The number of aromatic nitrogens is 2. The molecule has 1 aromatic carbocycles. The lowest BCUT2D eigenvalue weighted by atomic mass is 10.1. The molecule has 0 aliphatic carbocycles. The number of aliphatic hydroxyl groups is 1. The third-order valence-corrected chi connectivity index (χ3v) is 4.59. The first-order valence-electron chi connectivity index (χ1n) is 9.01. The van der Waals surface area contributed by atoms with Crippen LogP contribution in [-0.4, -0.2) is 57.0 Å². The fraction of sp³-hybridized carbons (Fsp3) is 0.421. The number of ether oxygens (including phenoxy) is 2. The van der Waals surface area contributed by atoms with Gasteiger partial charge in [-0.1, -0.05) is 6.07 Å².